The Morgan fingerprint density at radius 2 is 2.18 bits per heavy atom. The van der Waals surface area contributed by atoms with Crippen LogP contribution in [0.2, 0.25) is 0 Å². The molecule has 0 bridgehead atoms. The molecule has 17 heavy (non-hydrogen) atoms. The third kappa shape index (κ3) is 4.87. The molecule has 1 rings (SSSR count). The minimum absolute atomic E-state index is 0.0951. The molecular formula is C13H19NO3. The van der Waals surface area contributed by atoms with Crippen molar-refractivity contribution in [3.8, 4) is 5.75 Å². The molecule has 4 nitrogen and oxygen atoms in total. The Morgan fingerprint density at radius 3 is 2.76 bits per heavy atom. The highest BCUT2D eigenvalue weighted by Crippen LogP contribution is 2.19. The van der Waals surface area contributed by atoms with Crippen LogP contribution in [0.4, 0.5) is 0 Å². The normalized spacial score (nSPS) is 12.3. The molecule has 0 aliphatic rings. The molecule has 1 unspecified atom stereocenters. The van der Waals surface area contributed by atoms with Gasteiger partial charge < -0.3 is 15.2 Å². The summed E-state index contributed by atoms with van der Waals surface area (Å²) in [5.41, 5.74) is 0.733. The lowest BCUT2D eigenvalue weighted by Crippen LogP contribution is -2.25. The quantitative estimate of drug-likeness (QED) is 0.818. The lowest BCUT2D eigenvalue weighted by atomic mass is 10.1. The molecule has 0 fully saturated rings. The number of hydrogen-bond acceptors (Lipinski definition) is 3. The van der Waals surface area contributed by atoms with E-state index in [1.54, 1.807) is 12.1 Å². The first kappa shape index (κ1) is 13.5. The molecule has 94 valence electrons. The fourth-order valence-electron chi connectivity index (χ4n) is 1.43. The highest BCUT2D eigenvalue weighted by atomic mass is 16.5. The third-order valence-electron chi connectivity index (χ3n) is 2.16. The minimum atomic E-state index is -0.713. The maximum Gasteiger partial charge on any atom is 0.216 e. The number of nitrogens with one attached hydrogen (secondary N) is 1. The zero-order valence-corrected chi connectivity index (χ0v) is 10.4. The molecule has 0 saturated heterocycles. The van der Waals surface area contributed by atoms with Crippen LogP contribution in [0, 0.1) is 0 Å². The van der Waals surface area contributed by atoms with Crippen LogP contribution in [0.3, 0.4) is 0 Å². The summed E-state index contributed by atoms with van der Waals surface area (Å²) in [4.78, 5) is 10.7. The molecular weight excluding hydrogens is 218 g/mol. The first-order valence-electron chi connectivity index (χ1n) is 5.68. The Balaban J connectivity index is 2.66. The zero-order valence-electron chi connectivity index (χ0n) is 10.4. The number of carbonyl (C=O) groups excluding carboxylic acids is 1. The van der Waals surface area contributed by atoms with Crippen molar-refractivity contribution in [2.75, 3.05) is 6.54 Å². The summed E-state index contributed by atoms with van der Waals surface area (Å²) in [6.45, 7) is 5.52. The fraction of sp³-hybridized carbons (Fsp3) is 0.462. The van der Waals surface area contributed by atoms with Crippen molar-refractivity contribution in [3.05, 3.63) is 29.8 Å². The van der Waals surface area contributed by atoms with Crippen LogP contribution in [-0.4, -0.2) is 23.7 Å². The number of hydrogen-bond donors (Lipinski definition) is 2. The highest BCUT2D eigenvalue weighted by molar-refractivity contribution is 5.72. The molecule has 2 N–H and O–H groups in total. The summed E-state index contributed by atoms with van der Waals surface area (Å²) in [6.07, 6.45) is -0.618. The number of ether oxygens (including phenoxy) is 1. The predicted octanol–water partition coefficient (Wildman–Crippen LogP) is 1.64. The molecule has 0 radical (unpaired) electrons. The van der Waals surface area contributed by atoms with Gasteiger partial charge in [-0.25, -0.2) is 0 Å². The maximum atomic E-state index is 10.7. The zero-order chi connectivity index (χ0) is 12.8. The Bertz CT molecular complexity index is 377. The van der Waals surface area contributed by atoms with Crippen molar-refractivity contribution in [2.45, 2.75) is 33.0 Å². The van der Waals surface area contributed by atoms with E-state index < -0.39 is 6.10 Å². The second-order valence-corrected chi connectivity index (χ2v) is 4.19. The number of carbonyl (C=O) groups is 1. The molecule has 1 atom stereocenters. The lowest BCUT2D eigenvalue weighted by Gasteiger charge is -2.14. The maximum absolute atomic E-state index is 10.7. The Labute approximate surface area is 102 Å². The summed E-state index contributed by atoms with van der Waals surface area (Å²) in [6, 6.07) is 7.25. The molecule has 0 spiro atoms. The van der Waals surface area contributed by atoms with Crippen molar-refractivity contribution in [2.24, 2.45) is 0 Å². The van der Waals surface area contributed by atoms with E-state index in [1.165, 1.54) is 6.92 Å². The van der Waals surface area contributed by atoms with Crippen LogP contribution in [0.25, 0.3) is 0 Å². The van der Waals surface area contributed by atoms with Gasteiger partial charge in [0.05, 0.1) is 12.2 Å². The second-order valence-electron chi connectivity index (χ2n) is 4.19. The van der Waals surface area contributed by atoms with Gasteiger partial charge in [-0.2, -0.15) is 0 Å². The Morgan fingerprint density at radius 1 is 1.47 bits per heavy atom. The van der Waals surface area contributed by atoms with E-state index in [9.17, 15) is 9.90 Å². The smallest absolute Gasteiger partial charge is 0.216 e. The Kier molecular flexibility index (Phi) is 4.97. The van der Waals surface area contributed by atoms with Crippen LogP contribution in [-0.2, 0) is 4.79 Å². The van der Waals surface area contributed by atoms with Gasteiger partial charge in [0.25, 0.3) is 0 Å². The van der Waals surface area contributed by atoms with Gasteiger partial charge in [0.2, 0.25) is 5.91 Å². The van der Waals surface area contributed by atoms with E-state index in [0.717, 1.165) is 11.3 Å². The SMILES string of the molecule is CC(=O)NCC(O)c1cccc(OC(C)C)c1. The molecule has 0 saturated carbocycles. The van der Waals surface area contributed by atoms with E-state index in [0.29, 0.717) is 0 Å². The number of rotatable bonds is 5. The summed E-state index contributed by atoms with van der Waals surface area (Å²) < 4.78 is 5.53. The van der Waals surface area contributed by atoms with Gasteiger partial charge in [0.1, 0.15) is 5.75 Å². The van der Waals surface area contributed by atoms with E-state index in [2.05, 4.69) is 5.32 Å². The largest absolute Gasteiger partial charge is 0.491 e. The van der Waals surface area contributed by atoms with Crippen LogP contribution < -0.4 is 10.1 Å². The average Bonchev–Trinajstić information content (AvgIpc) is 2.25. The van der Waals surface area contributed by atoms with E-state index in [1.807, 2.05) is 26.0 Å². The van der Waals surface area contributed by atoms with Crippen LogP contribution in [0.15, 0.2) is 24.3 Å². The van der Waals surface area contributed by atoms with Crippen LogP contribution >= 0.6 is 0 Å². The summed E-state index contributed by atoms with van der Waals surface area (Å²) >= 11 is 0. The van der Waals surface area contributed by atoms with Gasteiger partial charge in [-0.15, -0.1) is 0 Å². The Hall–Kier alpha value is -1.55. The van der Waals surface area contributed by atoms with Crippen molar-refractivity contribution in [1.82, 2.24) is 5.32 Å². The van der Waals surface area contributed by atoms with Crippen molar-refractivity contribution < 1.29 is 14.6 Å². The van der Waals surface area contributed by atoms with Crippen LogP contribution in [0.5, 0.6) is 5.75 Å². The van der Waals surface area contributed by atoms with E-state index in [-0.39, 0.29) is 18.6 Å². The number of aliphatic hydroxyl groups excluding tert-OH is 1. The standard InChI is InChI=1S/C13H19NO3/c1-9(2)17-12-6-4-5-11(7-12)13(16)8-14-10(3)15/h4-7,9,13,16H,8H2,1-3H3,(H,14,15). The van der Waals surface area contributed by atoms with Gasteiger partial charge in [-0.05, 0) is 31.5 Å². The average molecular weight is 237 g/mol. The second kappa shape index (κ2) is 6.25. The molecule has 4 heteroatoms. The molecule has 0 aliphatic carbocycles. The van der Waals surface area contributed by atoms with E-state index >= 15 is 0 Å². The number of amides is 1. The van der Waals surface area contributed by atoms with Crippen molar-refractivity contribution >= 4 is 5.91 Å². The van der Waals surface area contributed by atoms with Gasteiger partial charge in [-0.1, -0.05) is 12.1 Å². The predicted molar refractivity (Wildman–Crippen MR) is 65.8 cm³/mol. The number of aliphatic hydroxyl groups is 1. The van der Waals surface area contributed by atoms with Crippen LogP contribution in [0.1, 0.15) is 32.4 Å². The van der Waals surface area contributed by atoms with Crippen molar-refractivity contribution in [1.29, 1.82) is 0 Å². The topological polar surface area (TPSA) is 58.6 Å². The first-order valence-corrected chi connectivity index (χ1v) is 5.68. The van der Waals surface area contributed by atoms with Crippen molar-refractivity contribution in [3.63, 3.8) is 0 Å². The van der Waals surface area contributed by atoms with Gasteiger partial charge >= 0.3 is 0 Å². The van der Waals surface area contributed by atoms with Gasteiger partial charge in [-0.3, -0.25) is 4.79 Å². The molecule has 0 aliphatic heterocycles. The van der Waals surface area contributed by atoms with Gasteiger partial charge in [0.15, 0.2) is 0 Å². The third-order valence-corrected chi connectivity index (χ3v) is 2.16. The summed E-state index contributed by atoms with van der Waals surface area (Å²) in [5.74, 6) is 0.568. The minimum Gasteiger partial charge on any atom is -0.491 e. The lowest BCUT2D eigenvalue weighted by molar-refractivity contribution is -0.119. The fourth-order valence-corrected chi connectivity index (χ4v) is 1.43. The van der Waals surface area contributed by atoms with E-state index in [4.69, 9.17) is 4.74 Å². The molecule has 1 amide bonds. The van der Waals surface area contributed by atoms with Gasteiger partial charge in [0, 0.05) is 13.5 Å². The molecule has 1 aromatic rings. The highest BCUT2D eigenvalue weighted by Gasteiger charge is 2.09. The summed E-state index contributed by atoms with van der Waals surface area (Å²) in [7, 11) is 0. The summed E-state index contributed by atoms with van der Waals surface area (Å²) in [5, 5.41) is 12.4. The monoisotopic (exact) mass is 237 g/mol. The number of benzene rings is 1. The molecule has 1 aromatic carbocycles. The first-order chi connectivity index (χ1) is 7.99. The molecule has 0 heterocycles. The molecule has 0 aromatic heterocycles.